The molecule has 0 amide bonds. The number of imidazole rings is 1. The number of aromatic amines is 1. The van der Waals surface area contributed by atoms with E-state index in [0.29, 0.717) is 13.2 Å². The molecule has 0 aliphatic heterocycles. The molecular formula is C13H17N3O2. The Kier molecular flexibility index (Phi) is 4.06. The molecule has 0 spiro atoms. The second-order valence-electron chi connectivity index (χ2n) is 3.73. The number of aromatic nitrogens is 2. The third kappa shape index (κ3) is 2.94. The van der Waals surface area contributed by atoms with E-state index in [2.05, 4.69) is 15.3 Å². The maximum absolute atomic E-state index is 5.46. The molecule has 0 saturated carbocycles. The SMILES string of the molecule is CCOc1ccc(NCc2cnc[nH]2)cc1OC. The minimum atomic E-state index is 0.622. The summed E-state index contributed by atoms with van der Waals surface area (Å²) in [7, 11) is 1.64. The number of nitrogens with zero attached hydrogens (tertiary/aromatic N) is 1. The Balaban J connectivity index is 2.05. The maximum Gasteiger partial charge on any atom is 0.162 e. The first kappa shape index (κ1) is 12.3. The molecule has 18 heavy (non-hydrogen) atoms. The van der Waals surface area contributed by atoms with Gasteiger partial charge in [0.25, 0.3) is 0 Å². The highest BCUT2D eigenvalue weighted by Gasteiger charge is 2.05. The van der Waals surface area contributed by atoms with Gasteiger partial charge in [-0.25, -0.2) is 4.98 Å². The molecule has 5 heteroatoms. The third-order valence-electron chi connectivity index (χ3n) is 2.50. The van der Waals surface area contributed by atoms with Crippen LogP contribution >= 0.6 is 0 Å². The standard InChI is InChI=1S/C13H17N3O2/c1-3-18-12-5-4-10(6-13(12)17-2)15-8-11-7-14-9-16-11/h4-7,9,15H,3,8H2,1-2H3,(H,14,16). The van der Waals surface area contributed by atoms with E-state index in [9.17, 15) is 0 Å². The molecular weight excluding hydrogens is 230 g/mol. The van der Waals surface area contributed by atoms with E-state index >= 15 is 0 Å². The average Bonchev–Trinajstić information content (AvgIpc) is 2.91. The molecule has 5 nitrogen and oxygen atoms in total. The molecule has 0 radical (unpaired) electrons. The van der Waals surface area contributed by atoms with E-state index in [0.717, 1.165) is 22.9 Å². The van der Waals surface area contributed by atoms with E-state index < -0.39 is 0 Å². The topological polar surface area (TPSA) is 59.2 Å². The van der Waals surface area contributed by atoms with Crippen LogP contribution in [0.1, 0.15) is 12.6 Å². The molecule has 1 heterocycles. The zero-order valence-corrected chi connectivity index (χ0v) is 10.6. The van der Waals surface area contributed by atoms with Gasteiger partial charge in [-0.15, -0.1) is 0 Å². The lowest BCUT2D eigenvalue weighted by Gasteiger charge is -2.11. The first-order valence-corrected chi connectivity index (χ1v) is 5.85. The Morgan fingerprint density at radius 3 is 2.89 bits per heavy atom. The molecule has 0 saturated heterocycles. The van der Waals surface area contributed by atoms with Gasteiger partial charge < -0.3 is 19.8 Å². The molecule has 2 N–H and O–H groups in total. The molecule has 0 aliphatic rings. The molecule has 0 bridgehead atoms. The first-order valence-electron chi connectivity index (χ1n) is 5.85. The van der Waals surface area contributed by atoms with Crippen LogP contribution in [0, 0.1) is 0 Å². The molecule has 96 valence electrons. The fraction of sp³-hybridized carbons (Fsp3) is 0.308. The van der Waals surface area contributed by atoms with Gasteiger partial charge >= 0.3 is 0 Å². The lowest BCUT2D eigenvalue weighted by Crippen LogP contribution is -2.01. The van der Waals surface area contributed by atoms with Crippen LogP contribution < -0.4 is 14.8 Å². The van der Waals surface area contributed by atoms with E-state index in [1.165, 1.54) is 0 Å². The molecule has 0 atom stereocenters. The summed E-state index contributed by atoms with van der Waals surface area (Å²) >= 11 is 0. The predicted octanol–water partition coefficient (Wildman–Crippen LogP) is 2.43. The highest BCUT2D eigenvalue weighted by atomic mass is 16.5. The van der Waals surface area contributed by atoms with Crippen LogP contribution in [-0.2, 0) is 6.54 Å². The molecule has 0 fully saturated rings. The normalized spacial score (nSPS) is 10.1. The summed E-state index contributed by atoms with van der Waals surface area (Å²) in [5.74, 6) is 1.48. The van der Waals surface area contributed by atoms with Crippen LogP contribution in [0.2, 0.25) is 0 Å². The minimum Gasteiger partial charge on any atom is -0.493 e. The monoisotopic (exact) mass is 247 g/mol. The molecule has 1 aromatic heterocycles. The van der Waals surface area contributed by atoms with Crippen LogP contribution in [0.5, 0.6) is 11.5 Å². The number of H-pyrrole nitrogens is 1. The predicted molar refractivity (Wildman–Crippen MR) is 70.1 cm³/mol. The number of anilines is 1. The number of benzene rings is 1. The van der Waals surface area contributed by atoms with Gasteiger partial charge in [-0.05, 0) is 19.1 Å². The van der Waals surface area contributed by atoms with Crippen LogP contribution in [0.25, 0.3) is 0 Å². The van der Waals surface area contributed by atoms with Crippen molar-refractivity contribution in [3.63, 3.8) is 0 Å². The van der Waals surface area contributed by atoms with E-state index in [1.54, 1.807) is 19.6 Å². The van der Waals surface area contributed by atoms with Crippen LogP contribution in [0.4, 0.5) is 5.69 Å². The van der Waals surface area contributed by atoms with Crippen LogP contribution in [-0.4, -0.2) is 23.7 Å². The fourth-order valence-electron chi connectivity index (χ4n) is 1.63. The Morgan fingerprint density at radius 2 is 2.22 bits per heavy atom. The van der Waals surface area contributed by atoms with Gasteiger partial charge in [0.15, 0.2) is 11.5 Å². The largest absolute Gasteiger partial charge is 0.493 e. The number of nitrogens with one attached hydrogen (secondary N) is 2. The van der Waals surface area contributed by atoms with Gasteiger partial charge in [0, 0.05) is 18.0 Å². The van der Waals surface area contributed by atoms with Crippen molar-refractivity contribution in [3.05, 3.63) is 36.4 Å². The lowest BCUT2D eigenvalue weighted by atomic mass is 10.2. The van der Waals surface area contributed by atoms with Crippen molar-refractivity contribution in [2.24, 2.45) is 0 Å². The first-order chi connectivity index (χ1) is 8.83. The highest BCUT2D eigenvalue weighted by Crippen LogP contribution is 2.30. The summed E-state index contributed by atoms with van der Waals surface area (Å²) in [6.45, 7) is 3.26. The average molecular weight is 247 g/mol. The minimum absolute atomic E-state index is 0.622. The van der Waals surface area contributed by atoms with E-state index in [-0.39, 0.29) is 0 Å². The second kappa shape index (κ2) is 5.95. The third-order valence-corrected chi connectivity index (χ3v) is 2.50. The van der Waals surface area contributed by atoms with Gasteiger partial charge in [-0.3, -0.25) is 0 Å². The number of rotatable bonds is 6. The van der Waals surface area contributed by atoms with E-state index in [1.807, 2.05) is 25.1 Å². The van der Waals surface area contributed by atoms with Crippen molar-refractivity contribution >= 4 is 5.69 Å². The fourth-order valence-corrected chi connectivity index (χ4v) is 1.63. The summed E-state index contributed by atoms with van der Waals surface area (Å²) < 4.78 is 10.8. The quantitative estimate of drug-likeness (QED) is 0.823. The summed E-state index contributed by atoms with van der Waals surface area (Å²) in [5.41, 5.74) is 2.01. The van der Waals surface area contributed by atoms with Crippen molar-refractivity contribution in [2.75, 3.05) is 19.0 Å². The van der Waals surface area contributed by atoms with Crippen molar-refractivity contribution in [3.8, 4) is 11.5 Å². The Labute approximate surface area is 106 Å². The summed E-state index contributed by atoms with van der Waals surface area (Å²) in [6, 6.07) is 5.78. The van der Waals surface area contributed by atoms with Crippen molar-refractivity contribution in [1.29, 1.82) is 0 Å². The zero-order valence-electron chi connectivity index (χ0n) is 10.6. The summed E-state index contributed by atoms with van der Waals surface area (Å²) in [5, 5.41) is 3.28. The van der Waals surface area contributed by atoms with E-state index in [4.69, 9.17) is 9.47 Å². The Morgan fingerprint density at radius 1 is 1.33 bits per heavy atom. The van der Waals surface area contributed by atoms with Gasteiger partial charge in [-0.1, -0.05) is 0 Å². The Bertz CT molecular complexity index is 483. The smallest absolute Gasteiger partial charge is 0.162 e. The molecule has 0 unspecified atom stereocenters. The Hall–Kier alpha value is -2.17. The maximum atomic E-state index is 5.46. The van der Waals surface area contributed by atoms with Gasteiger partial charge in [0.05, 0.1) is 32.3 Å². The van der Waals surface area contributed by atoms with Crippen molar-refractivity contribution < 1.29 is 9.47 Å². The lowest BCUT2D eigenvalue weighted by molar-refractivity contribution is 0.311. The molecule has 0 aliphatic carbocycles. The second-order valence-corrected chi connectivity index (χ2v) is 3.73. The van der Waals surface area contributed by atoms with Crippen molar-refractivity contribution in [1.82, 2.24) is 9.97 Å². The van der Waals surface area contributed by atoms with Gasteiger partial charge in [0.1, 0.15) is 0 Å². The van der Waals surface area contributed by atoms with Gasteiger partial charge in [-0.2, -0.15) is 0 Å². The molecule has 2 rings (SSSR count). The van der Waals surface area contributed by atoms with Crippen LogP contribution in [0.15, 0.2) is 30.7 Å². The number of hydrogen-bond donors (Lipinski definition) is 2. The summed E-state index contributed by atoms with van der Waals surface area (Å²) in [4.78, 5) is 7.00. The number of methoxy groups -OCH3 is 1. The molecule has 2 aromatic rings. The zero-order chi connectivity index (χ0) is 12.8. The summed E-state index contributed by atoms with van der Waals surface area (Å²) in [6.07, 6.45) is 3.45. The highest BCUT2D eigenvalue weighted by molar-refractivity contribution is 5.54. The van der Waals surface area contributed by atoms with Crippen molar-refractivity contribution in [2.45, 2.75) is 13.5 Å². The van der Waals surface area contributed by atoms with Crippen LogP contribution in [0.3, 0.4) is 0 Å². The number of ether oxygens (including phenoxy) is 2. The molecule has 1 aromatic carbocycles. The number of hydrogen-bond acceptors (Lipinski definition) is 4. The van der Waals surface area contributed by atoms with Gasteiger partial charge in [0.2, 0.25) is 0 Å².